The normalized spacial score (nSPS) is 14.8. The first-order chi connectivity index (χ1) is 14.5. The van der Waals surface area contributed by atoms with Gasteiger partial charge in [-0.1, -0.05) is 36.0 Å². The number of hydrogen-bond acceptors (Lipinski definition) is 6. The summed E-state index contributed by atoms with van der Waals surface area (Å²) in [6.45, 7) is 1.75. The van der Waals surface area contributed by atoms with E-state index in [1.807, 2.05) is 36.4 Å². The van der Waals surface area contributed by atoms with E-state index < -0.39 is 4.92 Å². The zero-order valence-electron chi connectivity index (χ0n) is 15.9. The van der Waals surface area contributed by atoms with Gasteiger partial charge in [-0.2, -0.15) is 10.1 Å². The predicted octanol–water partition coefficient (Wildman–Crippen LogP) is 4.95. The summed E-state index contributed by atoms with van der Waals surface area (Å²) in [5.41, 5.74) is 2.11. The minimum Gasteiger partial charge on any atom is -0.267 e. The molecule has 0 saturated heterocycles. The molecular weight excluding hydrogens is 400 g/mol. The average Bonchev–Trinajstić information content (AvgIpc) is 3.04. The van der Waals surface area contributed by atoms with Crippen molar-refractivity contribution < 1.29 is 9.72 Å². The Labute approximate surface area is 176 Å². The molecule has 148 valence electrons. The highest BCUT2D eigenvalue weighted by molar-refractivity contribution is 7.99. The standard InChI is InChI=1S/C22H16N4O3S/c1-15-19(22(27)25(24-15)17-7-3-2-4-8-17)14-16-13-18(26(28)29)10-11-20(16)30-21-9-5-6-12-23-21/h2-14H,1H3/b19-14+. The summed E-state index contributed by atoms with van der Waals surface area (Å²) >= 11 is 1.37. The first kappa shape index (κ1) is 19.5. The Morgan fingerprint density at radius 3 is 2.53 bits per heavy atom. The predicted molar refractivity (Wildman–Crippen MR) is 116 cm³/mol. The van der Waals surface area contributed by atoms with Crippen LogP contribution in [0, 0.1) is 10.1 Å². The number of pyridine rings is 1. The molecule has 7 nitrogen and oxygen atoms in total. The lowest BCUT2D eigenvalue weighted by atomic mass is 10.1. The zero-order valence-corrected chi connectivity index (χ0v) is 16.7. The van der Waals surface area contributed by atoms with Crippen molar-refractivity contribution in [1.29, 1.82) is 0 Å². The van der Waals surface area contributed by atoms with E-state index in [1.54, 1.807) is 37.4 Å². The van der Waals surface area contributed by atoms with Gasteiger partial charge < -0.3 is 0 Å². The maximum Gasteiger partial charge on any atom is 0.280 e. The number of nitro groups is 1. The van der Waals surface area contributed by atoms with Gasteiger partial charge in [-0.3, -0.25) is 14.9 Å². The second-order valence-electron chi connectivity index (χ2n) is 6.45. The molecule has 0 radical (unpaired) electrons. The van der Waals surface area contributed by atoms with Gasteiger partial charge in [0, 0.05) is 23.2 Å². The number of amides is 1. The Balaban J connectivity index is 1.74. The summed E-state index contributed by atoms with van der Waals surface area (Å²) in [5.74, 6) is -0.279. The van der Waals surface area contributed by atoms with Crippen LogP contribution in [0.1, 0.15) is 12.5 Å². The Kier molecular flexibility index (Phi) is 5.40. The Bertz CT molecular complexity index is 1180. The smallest absolute Gasteiger partial charge is 0.267 e. The van der Waals surface area contributed by atoms with Crippen LogP contribution in [0.2, 0.25) is 0 Å². The lowest BCUT2D eigenvalue weighted by Crippen LogP contribution is -2.21. The van der Waals surface area contributed by atoms with Crippen molar-refractivity contribution in [3.8, 4) is 0 Å². The molecule has 2 heterocycles. The number of carbonyl (C=O) groups is 1. The topological polar surface area (TPSA) is 88.7 Å². The number of non-ortho nitro benzene ring substituents is 1. The Morgan fingerprint density at radius 2 is 1.83 bits per heavy atom. The van der Waals surface area contributed by atoms with Crippen molar-refractivity contribution in [1.82, 2.24) is 4.98 Å². The van der Waals surface area contributed by atoms with Crippen molar-refractivity contribution in [2.24, 2.45) is 5.10 Å². The van der Waals surface area contributed by atoms with Crippen molar-refractivity contribution in [3.05, 3.63) is 94.2 Å². The third kappa shape index (κ3) is 3.99. The van der Waals surface area contributed by atoms with E-state index in [9.17, 15) is 14.9 Å². The van der Waals surface area contributed by atoms with Crippen LogP contribution in [0.15, 0.2) is 93.5 Å². The highest BCUT2D eigenvalue weighted by Crippen LogP contribution is 2.34. The lowest BCUT2D eigenvalue weighted by Gasteiger charge is -2.11. The largest absolute Gasteiger partial charge is 0.280 e. The van der Waals surface area contributed by atoms with Crippen molar-refractivity contribution in [3.63, 3.8) is 0 Å². The average molecular weight is 416 g/mol. The number of carbonyl (C=O) groups excluding carboxylic acids is 1. The number of aromatic nitrogens is 1. The lowest BCUT2D eigenvalue weighted by molar-refractivity contribution is -0.384. The maximum atomic E-state index is 13.0. The van der Waals surface area contributed by atoms with E-state index in [0.717, 1.165) is 9.92 Å². The summed E-state index contributed by atoms with van der Waals surface area (Å²) in [6, 6.07) is 19.2. The van der Waals surface area contributed by atoms with Gasteiger partial charge in [-0.05, 0) is 48.9 Å². The van der Waals surface area contributed by atoms with Gasteiger partial charge in [-0.15, -0.1) is 0 Å². The quantitative estimate of drug-likeness (QED) is 0.334. The summed E-state index contributed by atoms with van der Waals surface area (Å²) in [7, 11) is 0. The number of nitro benzene ring substituents is 1. The molecule has 0 aliphatic carbocycles. The number of rotatable bonds is 5. The SMILES string of the molecule is CC1=NN(c2ccccc2)C(=O)/C1=C/c1cc([N+](=O)[O-])ccc1Sc1ccccn1. The van der Waals surface area contributed by atoms with E-state index >= 15 is 0 Å². The summed E-state index contributed by atoms with van der Waals surface area (Å²) in [4.78, 5) is 28.9. The molecule has 0 fully saturated rings. The number of hydrazone groups is 1. The summed E-state index contributed by atoms with van der Waals surface area (Å²) in [5, 5.41) is 17.7. The molecule has 0 spiro atoms. The fourth-order valence-electron chi connectivity index (χ4n) is 2.96. The van der Waals surface area contributed by atoms with E-state index in [0.29, 0.717) is 22.5 Å². The highest BCUT2D eigenvalue weighted by atomic mass is 32.2. The minimum atomic E-state index is -0.453. The van der Waals surface area contributed by atoms with Crippen LogP contribution in [0.4, 0.5) is 11.4 Å². The van der Waals surface area contributed by atoms with Gasteiger partial charge in [0.25, 0.3) is 11.6 Å². The first-order valence-corrected chi connectivity index (χ1v) is 9.88. The zero-order chi connectivity index (χ0) is 21.1. The third-order valence-corrected chi connectivity index (χ3v) is 5.46. The van der Waals surface area contributed by atoms with Crippen molar-refractivity contribution in [2.75, 3.05) is 5.01 Å². The molecule has 1 amide bonds. The van der Waals surface area contributed by atoms with Crippen LogP contribution >= 0.6 is 11.8 Å². The third-order valence-electron chi connectivity index (χ3n) is 4.42. The Hall–Kier alpha value is -3.78. The van der Waals surface area contributed by atoms with Crippen LogP contribution in [0.25, 0.3) is 6.08 Å². The molecule has 1 aromatic heterocycles. The van der Waals surface area contributed by atoms with Crippen LogP contribution in [-0.4, -0.2) is 21.5 Å². The summed E-state index contributed by atoms with van der Waals surface area (Å²) in [6.07, 6.45) is 3.34. The van der Waals surface area contributed by atoms with Crippen molar-refractivity contribution >= 4 is 40.8 Å². The number of nitrogens with zero attached hydrogens (tertiary/aromatic N) is 4. The van der Waals surface area contributed by atoms with Gasteiger partial charge in [0.05, 0.1) is 21.9 Å². The van der Waals surface area contributed by atoms with Crippen molar-refractivity contribution in [2.45, 2.75) is 16.8 Å². The molecule has 1 aliphatic heterocycles. The van der Waals surface area contributed by atoms with E-state index in [-0.39, 0.29) is 11.6 Å². The molecule has 1 aliphatic rings. The van der Waals surface area contributed by atoms with Crippen LogP contribution in [0.3, 0.4) is 0 Å². The molecule has 2 aromatic carbocycles. The molecule has 30 heavy (non-hydrogen) atoms. The number of anilines is 1. The van der Waals surface area contributed by atoms with E-state index in [2.05, 4.69) is 10.1 Å². The summed E-state index contributed by atoms with van der Waals surface area (Å²) < 4.78 is 0. The van der Waals surface area contributed by atoms with Gasteiger partial charge in [0.1, 0.15) is 5.03 Å². The maximum absolute atomic E-state index is 13.0. The molecular formula is C22H16N4O3S. The molecule has 0 unspecified atom stereocenters. The molecule has 0 N–H and O–H groups in total. The van der Waals surface area contributed by atoms with Gasteiger partial charge in [-0.25, -0.2) is 4.98 Å². The minimum absolute atomic E-state index is 0.0489. The molecule has 3 aromatic rings. The second-order valence-corrected chi connectivity index (χ2v) is 7.51. The fourth-order valence-corrected chi connectivity index (χ4v) is 3.82. The Morgan fingerprint density at radius 1 is 1.07 bits per heavy atom. The number of hydrogen-bond donors (Lipinski definition) is 0. The van der Waals surface area contributed by atoms with Gasteiger partial charge >= 0.3 is 0 Å². The van der Waals surface area contributed by atoms with E-state index in [1.165, 1.54) is 28.9 Å². The molecule has 0 bridgehead atoms. The van der Waals surface area contributed by atoms with Crippen LogP contribution in [0.5, 0.6) is 0 Å². The number of benzene rings is 2. The molecule has 0 atom stereocenters. The monoisotopic (exact) mass is 416 g/mol. The van der Waals surface area contributed by atoms with Crippen LogP contribution in [-0.2, 0) is 4.79 Å². The first-order valence-electron chi connectivity index (χ1n) is 9.07. The molecule has 8 heteroatoms. The van der Waals surface area contributed by atoms with E-state index in [4.69, 9.17) is 0 Å². The molecule has 0 saturated carbocycles. The van der Waals surface area contributed by atoms with Crippen LogP contribution < -0.4 is 5.01 Å². The van der Waals surface area contributed by atoms with Gasteiger partial charge in [0.15, 0.2) is 0 Å². The molecule has 4 rings (SSSR count). The second kappa shape index (κ2) is 8.30. The highest BCUT2D eigenvalue weighted by Gasteiger charge is 2.29. The fraction of sp³-hybridized carbons (Fsp3) is 0.0455. The van der Waals surface area contributed by atoms with Gasteiger partial charge in [0.2, 0.25) is 0 Å². The number of para-hydroxylation sites is 1.